The number of hydrogen-bond donors (Lipinski definition) is 2. The van der Waals surface area contributed by atoms with Crippen LogP contribution in [0, 0.1) is 5.92 Å². The summed E-state index contributed by atoms with van der Waals surface area (Å²) in [4.78, 5) is 67.3. The van der Waals surface area contributed by atoms with Crippen molar-refractivity contribution in [3.8, 4) is 5.75 Å². The number of fused-ring (bicyclic) bond motifs is 2. The lowest BCUT2D eigenvalue weighted by molar-refractivity contribution is -0.122. The molecule has 1 saturated heterocycles. The summed E-state index contributed by atoms with van der Waals surface area (Å²) >= 11 is 8.06. The van der Waals surface area contributed by atoms with Gasteiger partial charge < -0.3 is 15.2 Å². The summed E-state index contributed by atoms with van der Waals surface area (Å²) in [5, 5.41) is 12.7. The summed E-state index contributed by atoms with van der Waals surface area (Å²) < 4.78 is 6.30. The van der Waals surface area contributed by atoms with E-state index in [0.717, 1.165) is 28.0 Å². The maximum Gasteiger partial charge on any atom is 0.338 e. The molecule has 1 fully saturated rings. The Hall–Kier alpha value is -4.39. The minimum absolute atomic E-state index is 0.0324. The van der Waals surface area contributed by atoms with Crippen LogP contribution in [0.4, 0.5) is 11.4 Å². The van der Waals surface area contributed by atoms with E-state index in [2.05, 4.69) is 5.32 Å². The lowest BCUT2D eigenvalue weighted by Crippen LogP contribution is -2.33. The predicted octanol–water partition coefficient (Wildman–Crippen LogP) is 4.88. The fourth-order valence-corrected chi connectivity index (χ4v) is 8.29. The summed E-state index contributed by atoms with van der Waals surface area (Å²) in [6.07, 6.45) is 0. The average molecular weight is 650 g/mol. The molecule has 3 amide bonds. The molecule has 44 heavy (non-hydrogen) atoms. The maximum atomic E-state index is 13.9. The molecular formula is C31H24ClN3O7S2. The molecule has 0 radical (unpaired) electrons. The summed E-state index contributed by atoms with van der Waals surface area (Å²) in [6, 6.07) is 18.9. The van der Waals surface area contributed by atoms with E-state index < -0.39 is 45.6 Å². The zero-order valence-electron chi connectivity index (χ0n) is 23.1. The van der Waals surface area contributed by atoms with Gasteiger partial charge in [0.05, 0.1) is 28.8 Å². The van der Waals surface area contributed by atoms with Crippen molar-refractivity contribution in [1.82, 2.24) is 4.57 Å². The molecule has 10 nitrogen and oxygen atoms in total. The zero-order valence-corrected chi connectivity index (χ0v) is 25.4. The molecule has 0 bridgehead atoms. The highest BCUT2D eigenvalue weighted by Crippen LogP contribution is 2.54. The quantitative estimate of drug-likeness (QED) is 0.214. The number of hydrogen-bond acceptors (Lipinski definition) is 9. The molecule has 0 spiro atoms. The van der Waals surface area contributed by atoms with Crippen LogP contribution in [0.25, 0.3) is 0 Å². The highest BCUT2D eigenvalue weighted by Gasteiger charge is 2.56. The monoisotopic (exact) mass is 649 g/mol. The molecule has 224 valence electrons. The lowest BCUT2D eigenvalue weighted by Gasteiger charge is -2.30. The molecule has 4 aromatic rings. The van der Waals surface area contributed by atoms with Crippen molar-refractivity contribution in [3.05, 3.63) is 103 Å². The third-order valence-corrected chi connectivity index (χ3v) is 10.2. The van der Waals surface area contributed by atoms with Crippen LogP contribution in [0.2, 0.25) is 5.02 Å². The van der Waals surface area contributed by atoms with Crippen LogP contribution in [-0.2, 0) is 25.7 Å². The topological polar surface area (TPSA) is 135 Å². The van der Waals surface area contributed by atoms with E-state index in [4.69, 9.17) is 16.3 Å². The molecule has 6 rings (SSSR count). The third-order valence-electron chi connectivity index (χ3n) is 7.37. The van der Waals surface area contributed by atoms with Crippen LogP contribution in [0.1, 0.15) is 33.6 Å². The minimum Gasteiger partial charge on any atom is -0.508 e. The van der Waals surface area contributed by atoms with Gasteiger partial charge in [-0.15, -0.1) is 0 Å². The second kappa shape index (κ2) is 11.9. The molecule has 3 unspecified atom stereocenters. The summed E-state index contributed by atoms with van der Waals surface area (Å²) in [5.74, 6) is -3.26. The van der Waals surface area contributed by atoms with Gasteiger partial charge in [0.15, 0.2) is 0 Å². The van der Waals surface area contributed by atoms with Gasteiger partial charge in [-0.2, -0.15) is 0 Å². The Labute approximate surface area is 264 Å². The number of phenolic OH excluding ortho intramolecular Hbond substituents is 1. The van der Waals surface area contributed by atoms with E-state index in [0.29, 0.717) is 37.4 Å². The van der Waals surface area contributed by atoms with Gasteiger partial charge in [0.25, 0.3) is 0 Å². The molecule has 0 saturated carbocycles. The predicted molar refractivity (Wildman–Crippen MR) is 167 cm³/mol. The van der Waals surface area contributed by atoms with Crippen LogP contribution >= 0.6 is 34.7 Å². The number of imide groups is 1. The Morgan fingerprint density at radius 1 is 0.955 bits per heavy atom. The van der Waals surface area contributed by atoms with Crippen LogP contribution in [0.5, 0.6) is 5.75 Å². The van der Waals surface area contributed by atoms with E-state index in [1.54, 1.807) is 55.5 Å². The number of thioether (sulfide) groups is 1. The van der Waals surface area contributed by atoms with Crippen LogP contribution in [0.15, 0.2) is 82.6 Å². The lowest BCUT2D eigenvalue weighted by atomic mass is 9.83. The first-order valence-corrected chi connectivity index (χ1v) is 15.6. The Morgan fingerprint density at radius 2 is 1.64 bits per heavy atom. The molecule has 3 aromatic carbocycles. The second-order valence-corrected chi connectivity index (χ2v) is 12.7. The SMILES string of the molecule is CCOC(=O)c1ccc(NC(=O)Cn2c3c(sc2=O)C(c2ccc(O)cc2)C2C(=O)N(c4ccc(Cl)cc4)C(=O)C2S3)cc1. The minimum atomic E-state index is -0.858. The molecular weight excluding hydrogens is 626 g/mol. The molecule has 2 N–H and O–H groups in total. The fourth-order valence-electron chi connectivity index (χ4n) is 5.39. The van der Waals surface area contributed by atoms with Gasteiger partial charge in [-0.05, 0) is 73.2 Å². The summed E-state index contributed by atoms with van der Waals surface area (Å²) in [5.41, 5.74) is 1.80. The van der Waals surface area contributed by atoms with E-state index in [9.17, 15) is 29.1 Å². The first-order valence-electron chi connectivity index (χ1n) is 13.6. The number of amides is 3. The number of nitrogens with zero attached hydrogens (tertiary/aromatic N) is 2. The van der Waals surface area contributed by atoms with Crippen molar-refractivity contribution in [2.45, 2.75) is 29.7 Å². The van der Waals surface area contributed by atoms with Gasteiger partial charge in [0, 0.05) is 21.5 Å². The number of rotatable bonds is 7. The van der Waals surface area contributed by atoms with Crippen LogP contribution in [0.3, 0.4) is 0 Å². The number of phenols is 1. The van der Waals surface area contributed by atoms with Crippen molar-refractivity contribution in [1.29, 1.82) is 0 Å². The van der Waals surface area contributed by atoms with Crippen molar-refractivity contribution in [2.75, 3.05) is 16.8 Å². The molecule has 2 aliphatic rings. The van der Waals surface area contributed by atoms with Gasteiger partial charge in [-0.25, -0.2) is 9.69 Å². The van der Waals surface area contributed by atoms with Gasteiger partial charge in [-0.1, -0.05) is 46.8 Å². The Balaban J connectivity index is 1.33. The first-order chi connectivity index (χ1) is 21.2. The van der Waals surface area contributed by atoms with Gasteiger partial charge in [0.2, 0.25) is 17.7 Å². The Kier molecular flexibility index (Phi) is 8.06. The number of aromatic nitrogens is 1. The van der Waals surface area contributed by atoms with Crippen molar-refractivity contribution in [3.63, 3.8) is 0 Å². The number of aromatic hydroxyl groups is 1. The highest BCUT2D eigenvalue weighted by molar-refractivity contribution is 8.00. The van der Waals surface area contributed by atoms with Gasteiger partial charge in [-0.3, -0.25) is 23.7 Å². The van der Waals surface area contributed by atoms with E-state index >= 15 is 0 Å². The standard InChI is InChI=1S/C31H24ClN3O7S2/c1-2-42-30(40)17-3-9-19(10-4-17)33-22(37)15-34-29-26(44-31(34)41)23(16-5-13-21(36)14-6-16)24-25(43-29)28(39)35(27(24)38)20-11-7-18(32)8-12-20/h3-14,23-25,36H,2,15H2,1H3,(H,33,37). The Morgan fingerprint density at radius 3 is 2.30 bits per heavy atom. The van der Waals surface area contributed by atoms with Gasteiger partial charge in [0.1, 0.15) is 17.5 Å². The van der Waals surface area contributed by atoms with E-state index in [-0.39, 0.29) is 18.9 Å². The third kappa shape index (κ3) is 5.40. The number of halogens is 1. The summed E-state index contributed by atoms with van der Waals surface area (Å²) in [6.45, 7) is 1.61. The fraction of sp³-hybridized carbons (Fsp3) is 0.194. The van der Waals surface area contributed by atoms with E-state index in [1.165, 1.54) is 28.8 Å². The number of thiazole rings is 1. The number of esters is 1. The number of anilines is 2. The number of carbonyl (C=O) groups is 4. The van der Waals surface area contributed by atoms with Crippen molar-refractivity contribution < 1.29 is 29.0 Å². The first kappa shape index (κ1) is 29.7. The number of carbonyl (C=O) groups excluding carboxylic acids is 4. The molecule has 2 aliphatic heterocycles. The number of ether oxygens (including phenoxy) is 1. The van der Waals surface area contributed by atoms with Crippen LogP contribution < -0.4 is 15.1 Å². The van der Waals surface area contributed by atoms with E-state index in [1.807, 2.05) is 0 Å². The van der Waals surface area contributed by atoms with Crippen molar-refractivity contribution >= 4 is 69.8 Å². The average Bonchev–Trinajstić information content (AvgIpc) is 3.45. The van der Waals surface area contributed by atoms with Gasteiger partial charge >= 0.3 is 10.8 Å². The molecule has 3 atom stereocenters. The zero-order chi connectivity index (χ0) is 31.1. The molecule has 13 heteroatoms. The largest absolute Gasteiger partial charge is 0.508 e. The summed E-state index contributed by atoms with van der Waals surface area (Å²) in [7, 11) is 0. The normalized spacial score (nSPS) is 19.0. The molecule has 1 aromatic heterocycles. The second-order valence-electron chi connectivity index (χ2n) is 10.1. The molecule has 3 heterocycles. The smallest absolute Gasteiger partial charge is 0.338 e. The highest BCUT2D eigenvalue weighted by atomic mass is 35.5. The van der Waals surface area contributed by atoms with Crippen LogP contribution in [-0.4, -0.2) is 45.2 Å². The number of nitrogens with one attached hydrogen (secondary N) is 1. The van der Waals surface area contributed by atoms with Crippen molar-refractivity contribution in [2.24, 2.45) is 5.92 Å². The Bertz CT molecular complexity index is 1840. The molecule has 0 aliphatic carbocycles. The maximum absolute atomic E-state index is 13.9. The number of benzene rings is 3.